The predicted molar refractivity (Wildman–Crippen MR) is 223 cm³/mol. The number of nitrogens with zero attached hydrogens (tertiary/aromatic N) is 7. The summed E-state index contributed by atoms with van der Waals surface area (Å²) < 4.78 is 9.20. The second-order valence-corrected chi connectivity index (χ2v) is 17.4. The highest BCUT2D eigenvalue weighted by Gasteiger charge is 2.51. The zero-order valence-electron chi connectivity index (χ0n) is 34.9. The number of hydrogen-bond acceptors (Lipinski definition) is 7. The van der Waals surface area contributed by atoms with E-state index in [1.165, 1.54) is 35.1 Å². The smallest absolute Gasteiger partial charge is 0.253 e. The Morgan fingerprint density at radius 3 is 2.21 bits per heavy atom. The molecule has 3 aromatic heterocycles. The van der Waals surface area contributed by atoms with Crippen molar-refractivity contribution >= 4 is 16.9 Å². The minimum atomic E-state index is 0.0960. The number of hydrogen-bond donors (Lipinski definition) is 0. The van der Waals surface area contributed by atoms with Crippen LogP contribution in [0.3, 0.4) is 0 Å². The van der Waals surface area contributed by atoms with Crippen LogP contribution in [0.25, 0.3) is 33.3 Å². The van der Waals surface area contributed by atoms with E-state index in [0.29, 0.717) is 18.4 Å². The normalized spacial score (nSPS) is 20.1. The molecule has 0 N–H and O–H groups in total. The molecule has 0 radical (unpaired) electrons. The number of fused-ring (bicyclic) bond motifs is 1. The van der Waals surface area contributed by atoms with Crippen LogP contribution in [0.5, 0.6) is 0 Å². The van der Waals surface area contributed by atoms with Crippen molar-refractivity contribution in [3.8, 4) is 22.3 Å². The number of carbonyl (C=O) groups is 1. The zero-order valence-corrected chi connectivity index (χ0v) is 34.9. The van der Waals surface area contributed by atoms with Gasteiger partial charge in [-0.1, -0.05) is 43.3 Å². The number of pyridine rings is 1. The number of piperazine rings is 1. The number of amides is 1. The second-order valence-electron chi connectivity index (χ2n) is 17.4. The van der Waals surface area contributed by atoms with Crippen molar-refractivity contribution in [1.29, 1.82) is 0 Å². The summed E-state index contributed by atoms with van der Waals surface area (Å²) in [7, 11) is 6.13. The highest BCUT2D eigenvalue weighted by Crippen LogP contribution is 2.53. The van der Waals surface area contributed by atoms with E-state index in [4.69, 9.17) is 9.51 Å². The molecule has 296 valence electrons. The third kappa shape index (κ3) is 6.82. The van der Waals surface area contributed by atoms with Crippen LogP contribution in [0.15, 0.2) is 51.9 Å². The number of aryl methyl sites for hydroxylation is 4. The molecule has 9 rings (SSSR count). The van der Waals surface area contributed by atoms with Crippen molar-refractivity contribution in [2.45, 2.75) is 110 Å². The Hall–Kier alpha value is -4.54. The number of carbonyl (C=O) groups excluding carboxylic acids is 1. The molecule has 1 atom stereocenters. The molecule has 5 heterocycles. The quantitative estimate of drug-likeness (QED) is 0.166. The van der Waals surface area contributed by atoms with Gasteiger partial charge in [-0.2, -0.15) is 0 Å². The second kappa shape index (κ2) is 14.8. The lowest BCUT2D eigenvalue weighted by molar-refractivity contribution is -0.137. The number of aromatic nitrogens is 4. The Labute approximate surface area is 331 Å². The summed E-state index contributed by atoms with van der Waals surface area (Å²) in [5.74, 6) is 2.59. The summed E-state index contributed by atoms with van der Waals surface area (Å²) in [5.41, 5.74) is 12.7. The van der Waals surface area contributed by atoms with Crippen LogP contribution < -0.4 is 5.56 Å². The molecule has 10 heteroatoms. The van der Waals surface area contributed by atoms with Gasteiger partial charge in [0.25, 0.3) is 5.56 Å². The van der Waals surface area contributed by atoms with Gasteiger partial charge in [0.15, 0.2) is 0 Å². The van der Waals surface area contributed by atoms with Crippen molar-refractivity contribution in [2.75, 3.05) is 33.2 Å². The topological polar surface area (TPSA) is 92.6 Å². The molecule has 0 bridgehead atoms. The van der Waals surface area contributed by atoms with E-state index in [-0.39, 0.29) is 23.0 Å². The minimum absolute atomic E-state index is 0.0960. The molecule has 4 aliphatic rings. The highest BCUT2D eigenvalue weighted by atomic mass is 16.5. The summed E-state index contributed by atoms with van der Waals surface area (Å²) in [4.78, 5) is 37.1. The van der Waals surface area contributed by atoms with Gasteiger partial charge < -0.3 is 23.5 Å². The van der Waals surface area contributed by atoms with Crippen molar-refractivity contribution in [1.82, 2.24) is 34.0 Å². The van der Waals surface area contributed by atoms with Crippen LogP contribution in [0, 0.1) is 27.7 Å². The summed E-state index contributed by atoms with van der Waals surface area (Å²) in [6, 6.07) is 13.9. The van der Waals surface area contributed by atoms with Gasteiger partial charge in [-0.3, -0.25) is 14.5 Å². The van der Waals surface area contributed by atoms with Crippen LogP contribution in [0.1, 0.15) is 110 Å². The van der Waals surface area contributed by atoms with E-state index in [0.717, 1.165) is 102 Å². The fourth-order valence-electron chi connectivity index (χ4n) is 9.53. The molecule has 2 saturated carbocycles. The van der Waals surface area contributed by atoms with Gasteiger partial charge in [-0.05, 0) is 119 Å². The third-order valence-electron chi connectivity index (χ3n) is 13.2. The number of benzene rings is 2. The molecular formula is C46H59N7O3. The lowest BCUT2D eigenvalue weighted by Gasteiger charge is -2.40. The molecule has 2 aliphatic heterocycles. The van der Waals surface area contributed by atoms with Crippen LogP contribution in [0.4, 0.5) is 0 Å². The fraction of sp³-hybridized carbons (Fsp3) is 0.522. The molecule has 0 spiro atoms. The number of likely N-dealkylation sites (tertiary alicyclic amines) is 1. The average Bonchev–Trinajstić information content (AvgIpc) is 4.12. The number of rotatable bonds is 7. The number of piperidine rings is 1. The predicted octanol–water partition coefficient (Wildman–Crippen LogP) is 8.09. The molecule has 1 amide bonds. The van der Waals surface area contributed by atoms with Crippen LogP contribution in [-0.4, -0.2) is 79.2 Å². The van der Waals surface area contributed by atoms with E-state index in [1.54, 1.807) is 4.57 Å². The first-order chi connectivity index (χ1) is 26.8. The van der Waals surface area contributed by atoms with Crippen molar-refractivity contribution in [2.24, 2.45) is 14.1 Å². The molecule has 56 heavy (non-hydrogen) atoms. The van der Waals surface area contributed by atoms with E-state index < -0.39 is 0 Å². The molecule has 1 unspecified atom stereocenters. The van der Waals surface area contributed by atoms with Gasteiger partial charge in [0.1, 0.15) is 11.6 Å². The van der Waals surface area contributed by atoms with E-state index in [1.807, 2.05) is 34.0 Å². The summed E-state index contributed by atoms with van der Waals surface area (Å²) in [6.07, 6.45) is 9.41. The van der Waals surface area contributed by atoms with Crippen molar-refractivity contribution in [3.63, 3.8) is 0 Å². The van der Waals surface area contributed by atoms with Crippen molar-refractivity contribution < 1.29 is 9.32 Å². The SMILES string of the molecule is Cc1c(-c2ccc(C3(N4CCN(C)CC4)CC3)c(C(C)C)c2)cn(C)c(=O)c1C.Cc1noc(C)c1-c1ccc2c(c1)nc(C1CCCC(=O)N1C1CC1)n2C. The Balaban J connectivity index is 0.000000158. The Morgan fingerprint density at radius 2 is 1.57 bits per heavy atom. The minimum Gasteiger partial charge on any atom is -0.361 e. The maximum Gasteiger partial charge on any atom is 0.253 e. The Bertz CT molecular complexity index is 2330. The Kier molecular flexibility index (Phi) is 10.1. The number of imidazole rings is 1. The van der Waals surface area contributed by atoms with Gasteiger partial charge in [-0.15, -0.1) is 0 Å². The van der Waals surface area contributed by atoms with E-state index in [2.05, 4.69) is 95.7 Å². The third-order valence-corrected chi connectivity index (χ3v) is 13.2. The van der Waals surface area contributed by atoms with Gasteiger partial charge in [0, 0.05) is 81.2 Å². The van der Waals surface area contributed by atoms with Gasteiger partial charge in [-0.25, -0.2) is 4.98 Å². The standard InChI is InChI=1S/C25H35N3O.C21H24N4O2/c1-17(2)21-15-20(22-16-27(6)24(29)19(4)18(22)3)7-8-23(21)25(9-10-25)28-13-11-26(5)12-14-28;1-12-20(13(2)27-23-12)14-7-10-17-16(11-14)22-21(24(17)3)18-5-4-6-19(26)25(18)15-8-9-15/h7-8,15-17H,9-14H2,1-6H3;7,10-11,15,18H,4-6,8-9H2,1-3H3. The summed E-state index contributed by atoms with van der Waals surface area (Å²) >= 11 is 0. The lowest BCUT2D eigenvalue weighted by atomic mass is 9.86. The number of likely N-dealkylation sites (N-methyl/N-ethyl adjacent to an activating group) is 1. The van der Waals surface area contributed by atoms with Crippen LogP contribution in [-0.2, 0) is 24.4 Å². The zero-order chi connectivity index (χ0) is 39.6. The first-order valence-corrected chi connectivity index (χ1v) is 20.7. The molecule has 4 fully saturated rings. The summed E-state index contributed by atoms with van der Waals surface area (Å²) in [5, 5.41) is 4.07. The van der Waals surface area contributed by atoms with Crippen LogP contribution >= 0.6 is 0 Å². The average molecular weight is 758 g/mol. The van der Waals surface area contributed by atoms with E-state index >= 15 is 0 Å². The molecular weight excluding hydrogens is 699 g/mol. The van der Waals surface area contributed by atoms with Crippen LogP contribution in [0.2, 0.25) is 0 Å². The molecule has 5 aromatic rings. The Morgan fingerprint density at radius 1 is 0.857 bits per heavy atom. The first kappa shape index (κ1) is 38.3. The molecule has 2 saturated heterocycles. The molecule has 2 aliphatic carbocycles. The highest BCUT2D eigenvalue weighted by molar-refractivity contribution is 5.84. The van der Waals surface area contributed by atoms with Gasteiger partial charge in [0.05, 0.1) is 22.8 Å². The van der Waals surface area contributed by atoms with Gasteiger partial charge in [0.2, 0.25) is 5.91 Å². The maximum atomic E-state index is 12.5. The van der Waals surface area contributed by atoms with Crippen molar-refractivity contribution in [3.05, 3.63) is 92.5 Å². The maximum absolute atomic E-state index is 12.5. The largest absolute Gasteiger partial charge is 0.361 e. The molecule has 2 aromatic carbocycles. The first-order valence-electron chi connectivity index (χ1n) is 20.7. The lowest BCUT2D eigenvalue weighted by Crippen LogP contribution is -2.49. The monoisotopic (exact) mass is 757 g/mol. The van der Waals surface area contributed by atoms with Gasteiger partial charge >= 0.3 is 0 Å². The molecule has 10 nitrogen and oxygen atoms in total. The fourth-order valence-corrected chi connectivity index (χ4v) is 9.53. The van der Waals surface area contributed by atoms with E-state index in [9.17, 15) is 9.59 Å². The summed E-state index contributed by atoms with van der Waals surface area (Å²) in [6.45, 7) is 17.2.